The largest absolute Gasteiger partial charge is 0.395 e. The minimum atomic E-state index is -0.260. The summed E-state index contributed by atoms with van der Waals surface area (Å²) in [5.41, 5.74) is 1.28. The lowest BCUT2D eigenvalue weighted by Crippen LogP contribution is -2.37. The maximum atomic E-state index is 9.11. The van der Waals surface area contributed by atoms with Gasteiger partial charge in [-0.25, -0.2) is 0 Å². The molecule has 18 heavy (non-hydrogen) atoms. The van der Waals surface area contributed by atoms with E-state index in [-0.39, 0.29) is 25.3 Å². The quantitative estimate of drug-likeness (QED) is 0.777. The average molecular weight is 265 g/mol. The number of thiophene rings is 1. The Morgan fingerprint density at radius 2 is 1.89 bits per heavy atom. The summed E-state index contributed by atoms with van der Waals surface area (Å²) in [5, 5.41) is 22.8. The molecule has 1 aromatic carbocycles. The maximum absolute atomic E-state index is 9.11. The lowest BCUT2D eigenvalue weighted by atomic mass is 10.1. The summed E-state index contributed by atoms with van der Waals surface area (Å²) in [6.45, 7) is 4.09. The molecule has 0 fully saturated rings. The first kappa shape index (κ1) is 13.5. The molecule has 0 saturated carbocycles. The highest BCUT2D eigenvalue weighted by Crippen LogP contribution is 2.34. The third-order valence-electron chi connectivity index (χ3n) is 3.20. The molecule has 2 aromatic rings. The summed E-state index contributed by atoms with van der Waals surface area (Å²) in [7, 11) is 0. The van der Waals surface area contributed by atoms with Crippen LogP contribution in [0.1, 0.15) is 23.4 Å². The molecule has 2 rings (SSSR count). The zero-order valence-corrected chi connectivity index (χ0v) is 11.5. The van der Waals surface area contributed by atoms with Gasteiger partial charge in [-0.3, -0.25) is 0 Å². The lowest BCUT2D eigenvalue weighted by molar-refractivity contribution is 0.164. The number of fused-ring (bicyclic) bond motifs is 1. The van der Waals surface area contributed by atoms with Crippen molar-refractivity contribution in [1.82, 2.24) is 5.32 Å². The molecule has 0 saturated heterocycles. The van der Waals surface area contributed by atoms with Gasteiger partial charge in [0.15, 0.2) is 0 Å². The molecule has 1 atom stereocenters. The molecule has 98 valence electrons. The van der Waals surface area contributed by atoms with Crippen molar-refractivity contribution in [2.45, 2.75) is 25.9 Å². The van der Waals surface area contributed by atoms with Crippen LogP contribution in [0, 0.1) is 6.92 Å². The molecule has 0 bridgehead atoms. The molecular formula is C14H19NO2S. The summed E-state index contributed by atoms with van der Waals surface area (Å²) in [6.07, 6.45) is 0. The van der Waals surface area contributed by atoms with Gasteiger partial charge >= 0.3 is 0 Å². The van der Waals surface area contributed by atoms with E-state index >= 15 is 0 Å². The SMILES string of the molecule is Cc1c(C(C)NC(CO)CO)sc2ccccc12. The highest BCUT2D eigenvalue weighted by molar-refractivity contribution is 7.19. The van der Waals surface area contributed by atoms with Gasteiger partial charge in [0.25, 0.3) is 0 Å². The van der Waals surface area contributed by atoms with E-state index in [0.717, 1.165) is 0 Å². The van der Waals surface area contributed by atoms with Gasteiger partial charge in [0, 0.05) is 15.6 Å². The molecule has 0 aliphatic carbocycles. The minimum absolute atomic E-state index is 0.0508. The van der Waals surface area contributed by atoms with Crippen molar-refractivity contribution in [3.63, 3.8) is 0 Å². The van der Waals surface area contributed by atoms with E-state index in [1.54, 1.807) is 11.3 Å². The van der Waals surface area contributed by atoms with Crippen LogP contribution in [0.25, 0.3) is 10.1 Å². The van der Waals surface area contributed by atoms with Crippen LogP contribution in [0.2, 0.25) is 0 Å². The van der Waals surface area contributed by atoms with Crippen molar-refractivity contribution in [1.29, 1.82) is 0 Å². The molecule has 1 aromatic heterocycles. The zero-order valence-electron chi connectivity index (χ0n) is 10.7. The number of aliphatic hydroxyl groups excluding tert-OH is 2. The second-order valence-corrected chi connectivity index (χ2v) is 5.62. The maximum Gasteiger partial charge on any atom is 0.0607 e. The second-order valence-electron chi connectivity index (χ2n) is 4.54. The number of hydrogen-bond donors (Lipinski definition) is 3. The van der Waals surface area contributed by atoms with Crippen LogP contribution < -0.4 is 5.32 Å². The standard InChI is InChI=1S/C14H19NO2S/c1-9-12-5-3-4-6-13(12)18-14(9)10(2)15-11(7-16)8-17/h3-6,10-11,15-17H,7-8H2,1-2H3. The highest BCUT2D eigenvalue weighted by atomic mass is 32.1. The van der Waals surface area contributed by atoms with Gasteiger partial charge in [-0.15, -0.1) is 11.3 Å². The Morgan fingerprint density at radius 1 is 1.22 bits per heavy atom. The van der Waals surface area contributed by atoms with Crippen LogP contribution in [0.3, 0.4) is 0 Å². The van der Waals surface area contributed by atoms with Crippen LogP contribution in [0.4, 0.5) is 0 Å². The molecule has 0 spiro atoms. The van der Waals surface area contributed by atoms with Crippen molar-refractivity contribution in [3.05, 3.63) is 34.7 Å². The number of rotatable bonds is 5. The number of aryl methyl sites for hydroxylation is 1. The first-order valence-corrected chi connectivity index (χ1v) is 6.94. The fourth-order valence-electron chi connectivity index (χ4n) is 2.20. The van der Waals surface area contributed by atoms with Crippen LogP contribution in [0.5, 0.6) is 0 Å². The van der Waals surface area contributed by atoms with Crippen LogP contribution in [0.15, 0.2) is 24.3 Å². The van der Waals surface area contributed by atoms with Crippen molar-refractivity contribution in [3.8, 4) is 0 Å². The summed E-state index contributed by atoms with van der Waals surface area (Å²) >= 11 is 1.77. The van der Waals surface area contributed by atoms with Gasteiger partial charge in [0.1, 0.15) is 0 Å². The first-order valence-electron chi connectivity index (χ1n) is 6.13. The van der Waals surface area contributed by atoms with Gasteiger partial charge in [0.2, 0.25) is 0 Å². The third-order valence-corrected chi connectivity index (χ3v) is 4.66. The Balaban J connectivity index is 2.27. The molecule has 4 heteroatoms. The topological polar surface area (TPSA) is 52.5 Å². The fourth-order valence-corrected chi connectivity index (χ4v) is 3.42. The molecule has 1 heterocycles. The number of benzene rings is 1. The predicted molar refractivity (Wildman–Crippen MR) is 76.1 cm³/mol. The first-order chi connectivity index (χ1) is 8.67. The van der Waals surface area contributed by atoms with E-state index in [1.165, 1.54) is 20.5 Å². The summed E-state index contributed by atoms with van der Waals surface area (Å²) < 4.78 is 1.28. The van der Waals surface area contributed by atoms with E-state index in [4.69, 9.17) is 10.2 Å². The summed E-state index contributed by atoms with van der Waals surface area (Å²) in [4.78, 5) is 1.27. The molecule has 1 unspecified atom stereocenters. The van der Waals surface area contributed by atoms with Crippen molar-refractivity contribution < 1.29 is 10.2 Å². The third kappa shape index (κ3) is 2.57. The Hall–Kier alpha value is -0.940. The molecule has 3 nitrogen and oxygen atoms in total. The van der Waals surface area contributed by atoms with E-state index in [9.17, 15) is 0 Å². The number of nitrogens with one attached hydrogen (secondary N) is 1. The normalized spacial score (nSPS) is 13.4. The molecule has 0 radical (unpaired) electrons. The Labute approximate surface area is 111 Å². The van der Waals surface area contributed by atoms with Crippen LogP contribution in [-0.2, 0) is 0 Å². The van der Waals surface area contributed by atoms with Crippen LogP contribution in [-0.4, -0.2) is 29.5 Å². The Kier molecular flexibility index (Phi) is 4.35. The molecular weight excluding hydrogens is 246 g/mol. The van der Waals surface area contributed by atoms with Gasteiger partial charge in [-0.2, -0.15) is 0 Å². The monoisotopic (exact) mass is 265 g/mol. The molecule has 3 N–H and O–H groups in total. The van der Waals surface area contributed by atoms with E-state index in [1.807, 2.05) is 12.1 Å². The summed E-state index contributed by atoms with van der Waals surface area (Å²) in [5.74, 6) is 0. The zero-order chi connectivity index (χ0) is 13.1. The van der Waals surface area contributed by atoms with E-state index in [0.29, 0.717) is 0 Å². The minimum Gasteiger partial charge on any atom is -0.395 e. The number of aliphatic hydroxyl groups is 2. The Bertz CT molecular complexity index is 519. The molecule has 0 aliphatic rings. The van der Waals surface area contributed by atoms with Crippen molar-refractivity contribution in [2.24, 2.45) is 0 Å². The highest BCUT2D eigenvalue weighted by Gasteiger charge is 2.17. The van der Waals surface area contributed by atoms with Gasteiger partial charge in [-0.1, -0.05) is 18.2 Å². The van der Waals surface area contributed by atoms with E-state index in [2.05, 4.69) is 31.3 Å². The number of hydrogen-bond acceptors (Lipinski definition) is 4. The lowest BCUT2D eigenvalue weighted by Gasteiger charge is -2.19. The second kappa shape index (κ2) is 5.80. The molecule has 0 aliphatic heterocycles. The average Bonchev–Trinajstić information content (AvgIpc) is 2.74. The van der Waals surface area contributed by atoms with Gasteiger partial charge in [0.05, 0.1) is 19.3 Å². The molecule has 0 amide bonds. The van der Waals surface area contributed by atoms with E-state index < -0.39 is 0 Å². The van der Waals surface area contributed by atoms with Gasteiger partial charge in [-0.05, 0) is 30.9 Å². The Morgan fingerprint density at radius 3 is 2.50 bits per heavy atom. The predicted octanol–water partition coefficient (Wildman–Crippen LogP) is 2.21. The van der Waals surface area contributed by atoms with Gasteiger partial charge < -0.3 is 15.5 Å². The fraction of sp³-hybridized carbons (Fsp3) is 0.429. The van der Waals surface area contributed by atoms with Crippen molar-refractivity contribution >= 4 is 21.4 Å². The van der Waals surface area contributed by atoms with Crippen LogP contribution >= 0.6 is 11.3 Å². The smallest absolute Gasteiger partial charge is 0.0607 e. The van der Waals surface area contributed by atoms with Crippen molar-refractivity contribution in [2.75, 3.05) is 13.2 Å². The summed E-state index contributed by atoms with van der Waals surface area (Å²) in [6, 6.07) is 8.22.